The molecule has 0 saturated heterocycles. The summed E-state index contributed by atoms with van der Waals surface area (Å²) in [5.41, 5.74) is 1.12. The van der Waals surface area contributed by atoms with Gasteiger partial charge in [0.2, 0.25) is 15.9 Å². The molecule has 0 aliphatic carbocycles. The molecule has 31 heavy (non-hydrogen) atoms. The van der Waals surface area contributed by atoms with Crippen LogP contribution in [0.15, 0.2) is 77.7 Å². The summed E-state index contributed by atoms with van der Waals surface area (Å²) in [5, 5.41) is 13.4. The van der Waals surface area contributed by atoms with E-state index >= 15 is 0 Å². The van der Waals surface area contributed by atoms with Crippen molar-refractivity contribution in [2.24, 2.45) is 0 Å². The minimum atomic E-state index is -4.09. The molecule has 3 N–H and O–H groups in total. The van der Waals surface area contributed by atoms with E-state index in [2.05, 4.69) is 10.0 Å². The van der Waals surface area contributed by atoms with E-state index in [9.17, 15) is 18.0 Å². The van der Waals surface area contributed by atoms with Gasteiger partial charge in [0, 0.05) is 6.54 Å². The van der Waals surface area contributed by atoms with Gasteiger partial charge in [0.1, 0.15) is 6.04 Å². The molecule has 1 amide bonds. The molecule has 3 aromatic rings. The SMILES string of the molecule is O=C(O)C[C@H](NS(=O)(=O)c1ccc2ccccc2c1)C(=O)NCCCc1ccccc1. The van der Waals surface area contributed by atoms with Crippen molar-refractivity contribution in [3.8, 4) is 0 Å². The third-order valence-corrected chi connectivity index (χ3v) is 6.28. The number of hydrogen-bond acceptors (Lipinski definition) is 4. The van der Waals surface area contributed by atoms with E-state index in [0.717, 1.165) is 22.8 Å². The standard InChI is InChI=1S/C23H24N2O5S/c26-22(27)16-21(23(28)24-14-6-9-17-7-2-1-3-8-17)25-31(29,30)20-13-12-18-10-4-5-11-19(18)15-20/h1-5,7-8,10-13,15,21,25H,6,9,14,16H2,(H,24,28)(H,26,27)/t21-/m0/s1. The highest BCUT2D eigenvalue weighted by Crippen LogP contribution is 2.19. The molecule has 0 spiro atoms. The van der Waals surface area contributed by atoms with Crippen LogP contribution >= 0.6 is 0 Å². The van der Waals surface area contributed by atoms with E-state index in [1.165, 1.54) is 12.1 Å². The normalized spacial score (nSPS) is 12.4. The summed E-state index contributed by atoms with van der Waals surface area (Å²) < 4.78 is 27.8. The van der Waals surface area contributed by atoms with E-state index in [1.807, 2.05) is 42.5 Å². The number of benzene rings is 3. The third kappa shape index (κ3) is 6.37. The van der Waals surface area contributed by atoms with Gasteiger partial charge >= 0.3 is 5.97 Å². The second-order valence-corrected chi connectivity index (χ2v) is 8.87. The first-order chi connectivity index (χ1) is 14.8. The van der Waals surface area contributed by atoms with Crippen LogP contribution in [0.4, 0.5) is 0 Å². The zero-order valence-corrected chi connectivity index (χ0v) is 17.6. The van der Waals surface area contributed by atoms with Crippen molar-refractivity contribution in [2.45, 2.75) is 30.2 Å². The van der Waals surface area contributed by atoms with Gasteiger partial charge in [-0.1, -0.05) is 60.7 Å². The van der Waals surface area contributed by atoms with Crippen molar-refractivity contribution in [3.63, 3.8) is 0 Å². The second-order valence-electron chi connectivity index (χ2n) is 7.16. The van der Waals surface area contributed by atoms with E-state index in [1.54, 1.807) is 18.2 Å². The third-order valence-electron chi connectivity index (χ3n) is 4.81. The molecule has 8 heteroatoms. The van der Waals surface area contributed by atoms with Gasteiger partial charge in [-0.05, 0) is 41.3 Å². The zero-order chi connectivity index (χ0) is 22.3. The quantitative estimate of drug-likeness (QED) is 0.420. The smallest absolute Gasteiger partial charge is 0.305 e. The number of carbonyl (C=O) groups is 2. The first kappa shape index (κ1) is 22.5. The van der Waals surface area contributed by atoms with Gasteiger partial charge in [-0.25, -0.2) is 8.42 Å². The number of carbonyl (C=O) groups excluding carboxylic acids is 1. The lowest BCUT2D eigenvalue weighted by molar-refractivity contribution is -0.139. The average Bonchev–Trinajstić information content (AvgIpc) is 2.76. The number of rotatable bonds is 10. The molecule has 0 saturated carbocycles. The maximum absolute atomic E-state index is 12.8. The van der Waals surface area contributed by atoms with Crippen molar-refractivity contribution in [3.05, 3.63) is 78.4 Å². The molecular weight excluding hydrogens is 416 g/mol. The summed E-state index contributed by atoms with van der Waals surface area (Å²) in [6, 6.07) is 20.2. The van der Waals surface area contributed by atoms with E-state index in [4.69, 9.17) is 5.11 Å². The second kappa shape index (κ2) is 10.2. The summed E-state index contributed by atoms with van der Waals surface area (Å²) in [5.74, 6) is -1.94. The molecule has 0 fully saturated rings. The van der Waals surface area contributed by atoms with Crippen molar-refractivity contribution in [1.82, 2.24) is 10.0 Å². The van der Waals surface area contributed by atoms with Crippen LogP contribution in [0.2, 0.25) is 0 Å². The molecule has 3 aromatic carbocycles. The maximum Gasteiger partial charge on any atom is 0.305 e. The Morgan fingerprint density at radius 1 is 0.903 bits per heavy atom. The van der Waals surface area contributed by atoms with Crippen LogP contribution < -0.4 is 10.0 Å². The molecule has 162 valence electrons. The minimum absolute atomic E-state index is 0.0292. The topological polar surface area (TPSA) is 113 Å². The largest absolute Gasteiger partial charge is 0.481 e. The maximum atomic E-state index is 12.8. The van der Waals surface area contributed by atoms with Gasteiger partial charge in [0.05, 0.1) is 11.3 Å². The average molecular weight is 441 g/mol. The van der Waals surface area contributed by atoms with Crippen molar-refractivity contribution < 1.29 is 23.1 Å². The van der Waals surface area contributed by atoms with Crippen molar-refractivity contribution in [2.75, 3.05) is 6.54 Å². The highest BCUT2D eigenvalue weighted by atomic mass is 32.2. The van der Waals surface area contributed by atoms with Crippen LogP contribution in [0.1, 0.15) is 18.4 Å². The molecule has 0 aliphatic heterocycles. The Kier molecular flexibility index (Phi) is 7.38. The van der Waals surface area contributed by atoms with Gasteiger partial charge in [-0.3, -0.25) is 9.59 Å². The Bertz CT molecular complexity index is 1160. The Balaban J connectivity index is 1.65. The Hall–Kier alpha value is -3.23. The molecule has 0 aromatic heterocycles. The summed E-state index contributed by atoms with van der Waals surface area (Å²) >= 11 is 0. The zero-order valence-electron chi connectivity index (χ0n) is 16.8. The number of hydrogen-bond donors (Lipinski definition) is 3. The molecule has 1 atom stereocenters. The highest BCUT2D eigenvalue weighted by molar-refractivity contribution is 7.89. The Labute approximate surface area is 181 Å². The van der Waals surface area contributed by atoms with Crippen molar-refractivity contribution >= 4 is 32.7 Å². The lowest BCUT2D eigenvalue weighted by Gasteiger charge is -2.17. The van der Waals surface area contributed by atoms with Crippen molar-refractivity contribution in [1.29, 1.82) is 0 Å². The number of amides is 1. The predicted molar refractivity (Wildman–Crippen MR) is 118 cm³/mol. The molecule has 7 nitrogen and oxygen atoms in total. The number of nitrogens with one attached hydrogen (secondary N) is 2. The number of carboxylic acid groups (broad SMARTS) is 1. The fourth-order valence-corrected chi connectivity index (χ4v) is 4.45. The van der Waals surface area contributed by atoms with Gasteiger partial charge in [-0.15, -0.1) is 0 Å². The number of sulfonamides is 1. The van der Waals surface area contributed by atoms with E-state index < -0.39 is 34.4 Å². The summed E-state index contributed by atoms with van der Waals surface area (Å²) in [6.45, 7) is 0.307. The minimum Gasteiger partial charge on any atom is -0.481 e. The molecule has 0 aliphatic rings. The fourth-order valence-electron chi connectivity index (χ4n) is 3.22. The van der Waals surface area contributed by atoms with E-state index in [0.29, 0.717) is 13.0 Å². The first-order valence-electron chi connectivity index (χ1n) is 9.90. The van der Waals surface area contributed by atoms with E-state index in [-0.39, 0.29) is 4.90 Å². The first-order valence-corrected chi connectivity index (χ1v) is 11.4. The summed E-state index contributed by atoms with van der Waals surface area (Å²) in [7, 11) is -4.09. The lowest BCUT2D eigenvalue weighted by atomic mass is 10.1. The predicted octanol–water partition coefficient (Wildman–Crippen LogP) is 2.71. The molecule has 0 bridgehead atoms. The van der Waals surface area contributed by atoms with Crippen LogP contribution in [0.3, 0.4) is 0 Å². The number of aliphatic carboxylic acids is 1. The van der Waals surface area contributed by atoms with Gasteiger partial charge in [0.25, 0.3) is 0 Å². The fraction of sp³-hybridized carbons (Fsp3) is 0.217. The van der Waals surface area contributed by atoms with Crippen LogP contribution in [0.5, 0.6) is 0 Å². The Morgan fingerprint density at radius 3 is 2.29 bits per heavy atom. The highest BCUT2D eigenvalue weighted by Gasteiger charge is 2.27. The summed E-state index contributed by atoms with van der Waals surface area (Å²) in [4.78, 5) is 23.7. The van der Waals surface area contributed by atoms with Gasteiger partial charge in [-0.2, -0.15) is 4.72 Å². The molecule has 3 rings (SSSR count). The van der Waals surface area contributed by atoms with Crippen LogP contribution in [-0.4, -0.2) is 38.0 Å². The van der Waals surface area contributed by atoms with Gasteiger partial charge < -0.3 is 10.4 Å². The van der Waals surface area contributed by atoms with Crippen LogP contribution in [-0.2, 0) is 26.0 Å². The summed E-state index contributed by atoms with van der Waals surface area (Å²) in [6.07, 6.45) is 0.734. The van der Waals surface area contributed by atoms with Gasteiger partial charge in [0.15, 0.2) is 0 Å². The number of aryl methyl sites for hydroxylation is 1. The number of fused-ring (bicyclic) bond motifs is 1. The molecule has 0 unspecified atom stereocenters. The number of carboxylic acids is 1. The monoisotopic (exact) mass is 440 g/mol. The lowest BCUT2D eigenvalue weighted by Crippen LogP contribution is -2.48. The van der Waals surface area contributed by atoms with Crippen LogP contribution in [0, 0.1) is 0 Å². The van der Waals surface area contributed by atoms with Crippen LogP contribution in [0.25, 0.3) is 10.8 Å². The Morgan fingerprint density at radius 2 is 1.58 bits per heavy atom. The molecule has 0 heterocycles. The molecule has 0 radical (unpaired) electrons. The molecular formula is C23H24N2O5S.